The molecule has 8 nitrogen and oxygen atoms in total. The molecule has 0 fully saturated rings. The molecule has 9 heteroatoms. The summed E-state index contributed by atoms with van der Waals surface area (Å²) in [5.41, 5.74) is 0.592. The highest BCUT2D eigenvalue weighted by Crippen LogP contribution is 2.30. The van der Waals surface area contributed by atoms with Crippen molar-refractivity contribution in [2.75, 3.05) is 16.0 Å². The minimum atomic E-state index is -0.977. The maximum Gasteiger partial charge on any atom is 0.258 e. The number of H-pyrrole nitrogens is 1. The molecule has 0 spiro atoms. The molecule has 0 saturated carbocycles. The Morgan fingerprint density at radius 2 is 1.76 bits per heavy atom. The number of amides is 2. The molecular formula is C20H16FN5O3. The summed E-state index contributed by atoms with van der Waals surface area (Å²) in [7, 11) is 0. The van der Waals surface area contributed by atoms with Crippen molar-refractivity contribution in [1.82, 2.24) is 9.97 Å². The SMILES string of the molecule is O=C1CC(C(=O)Nc2ccccc2)c2c(nc(Nc3ccc(F)cc3)[nH]c2=O)N1. The van der Waals surface area contributed by atoms with Crippen molar-refractivity contribution in [3.05, 3.63) is 76.3 Å². The second kappa shape index (κ2) is 7.55. The van der Waals surface area contributed by atoms with Crippen LogP contribution >= 0.6 is 0 Å². The lowest BCUT2D eigenvalue weighted by Crippen LogP contribution is -2.36. The van der Waals surface area contributed by atoms with Gasteiger partial charge in [-0.05, 0) is 36.4 Å². The fourth-order valence-electron chi connectivity index (χ4n) is 3.08. The van der Waals surface area contributed by atoms with Crippen LogP contribution < -0.4 is 21.5 Å². The lowest BCUT2D eigenvalue weighted by atomic mass is 9.92. The number of aromatic amines is 1. The van der Waals surface area contributed by atoms with Crippen LogP contribution in [-0.2, 0) is 9.59 Å². The number of nitrogens with one attached hydrogen (secondary N) is 4. The summed E-state index contributed by atoms with van der Waals surface area (Å²) in [4.78, 5) is 44.3. The van der Waals surface area contributed by atoms with Gasteiger partial charge in [-0.15, -0.1) is 0 Å². The lowest BCUT2D eigenvalue weighted by Gasteiger charge is -2.23. The highest BCUT2D eigenvalue weighted by Gasteiger charge is 2.34. The lowest BCUT2D eigenvalue weighted by molar-refractivity contribution is -0.123. The van der Waals surface area contributed by atoms with Gasteiger partial charge < -0.3 is 16.0 Å². The van der Waals surface area contributed by atoms with Crippen molar-refractivity contribution in [2.45, 2.75) is 12.3 Å². The van der Waals surface area contributed by atoms with Crippen LogP contribution in [0.4, 0.5) is 27.5 Å². The van der Waals surface area contributed by atoms with E-state index in [9.17, 15) is 18.8 Å². The molecule has 1 unspecified atom stereocenters. The Balaban J connectivity index is 1.64. The summed E-state index contributed by atoms with van der Waals surface area (Å²) in [6, 6.07) is 14.2. The molecule has 2 amide bonds. The topological polar surface area (TPSA) is 116 Å². The van der Waals surface area contributed by atoms with Gasteiger partial charge >= 0.3 is 0 Å². The number of hydrogen-bond acceptors (Lipinski definition) is 5. The second-order valence-corrected chi connectivity index (χ2v) is 6.47. The zero-order valence-electron chi connectivity index (χ0n) is 15.0. The maximum atomic E-state index is 13.0. The predicted octanol–water partition coefficient (Wildman–Crippen LogP) is 2.72. The maximum absolute atomic E-state index is 13.0. The Morgan fingerprint density at radius 3 is 2.48 bits per heavy atom. The Hall–Kier alpha value is -4.01. The third kappa shape index (κ3) is 3.98. The molecule has 2 aromatic carbocycles. The molecule has 1 aromatic heterocycles. The van der Waals surface area contributed by atoms with Crippen LogP contribution in [0, 0.1) is 5.82 Å². The van der Waals surface area contributed by atoms with Gasteiger partial charge in [0.15, 0.2) is 0 Å². The summed E-state index contributed by atoms with van der Waals surface area (Å²) < 4.78 is 13.0. The molecule has 4 rings (SSSR count). The third-order valence-corrected chi connectivity index (χ3v) is 4.42. The number of anilines is 4. The summed E-state index contributed by atoms with van der Waals surface area (Å²) in [6.45, 7) is 0. The van der Waals surface area contributed by atoms with Crippen LogP contribution in [-0.4, -0.2) is 21.8 Å². The Labute approximate surface area is 164 Å². The van der Waals surface area contributed by atoms with E-state index in [1.54, 1.807) is 24.3 Å². The minimum Gasteiger partial charge on any atom is -0.326 e. The fraction of sp³-hybridized carbons (Fsp3) is 0.100. The van der Waals surface area contributed by atoms with E-state index in [-0.39, 0.29) is 23.8 Å². The third-order valence-electron chi connectivity index (χ3n) is 4.42. The summed E-state index contributed by atoms with van der Waals surface area (Å²) >= 11 is 0. The highest BCUT2D eigenvalue weighted by molar-refractivity contribution is 6.04. The van der Waals surface area contributed by atoms with Gasteiger partial charge in [0, 0.05) is 17.8 Å². The molecule has 0 radical (unpaired) electrons. The first-order chi connectivity index (χ1) is 14.0. The first-order valence-corrected chi connectivity index (χ1v) is 8.82. The average molecular weight is 393 g/mol. The van der Waals surface area contributed by atoms with E-state index >= 15 is 0 Å². The Kier molecular flexibility index (Phi) is 4.78. The number of fused-ring (bicyclic) bond motifs is 1. The van der Waals surface area contributed by atoms with Crippen molar-refractivity contribution in [3.8, 4) is 0 Å². The number of aromatic nitrogens is 2. The zero-order chi connectivity index (χ0) is 20.4. The van der Waals surface area contributed by atoms with Gasteiger partial charge in [-0.2, -0.15) is 4.98 Å². The molecule has 29 heavy (non-hydrogen) atoms. The number of para-hydroxylation sites is 1. The Morgan fingerprint density at radius 1 is 1.03 bits per heavy atom. The molecule has 4 N–H and O–H groups in total. The predicted molar refractivity (Wildman–Crippen MR) is 106 cm³/mol. The number of nitrogens with zero attached hydrogens (tertiary/aromatic N) is 1. The number of hydrogen-bond donors (Lipinski definition) is 4. The van der Waals surface area contributed by atoms with Gasteiger partial charge in [0.05, 0.1) is 11.5 Å². The van der Waals surface area contributed by atoms with Crippen LogP contribution in [0.15, 0.2) is 59.4 Å². The second-order valence-electron chi connectivity index (χ2n) is 6.47. The zero-order valence-corrected chi connectivity index (χ0v) is 15.0. The highest BCUT2D eigenvalue weighted by atomic mass is 19.1. The average Bonchev–Trinajstić information content (AvgIpc) is 2.69. The number of carbonyl (C=O) groups is 2. The molecule has 146 valence electrons. The van der Waals surface area contributed by atoms with Crippen LogP contribution in [0.3, 0.4) is 0 Å². The van der Waals surface area contributed by atoms with E-state index in [1.165, 1.54) is 24.3 Å². The summed E-state index contributed by atoms with van der Waals surface area (Å²) in [5.74, 6) is -2.19. The summed E-state index contributed by atoms with van der Waals surface area (Å²) in [5, 5.41) is 8.08. The number of carbonyl (C=O) groups excluding carboxylic acids is 2. The molecule has 2 heterocycles. The van der Waals surface area contributed by atoms with Crippen molar-refractivity contribution >= 4 is 35.0 Å². The van der Waals surface area contributed by atoms with E-state index in [2.05, 4.69) is 25.9 Å². The van der Waals surface area contributed by atoms with Gasteiger partial charge in [0.1, 0.15) is 11.6 Å². The molecule has 0 bridgehead atoms. The molecular weight excluding hydrogens is 377 g/mol. The fourth-order valence-corrected chi connectivity index (χ4v) is 3.08. The number of benzene rings is 2. The van der Waals surface area contributed by atoms with Crippen LogP contribution in [0.25, 0.3) is 0 Å². The molecule has 0 aliphatic carbocycles. The molecule has 0 saturated heterocycles. The van der Waals surface area contributed by atoms with Gasteiger partial charge in [-0.1, -0.05) is 18.2 Å². The smallest absolute Gasteiger partial charge is 0.258 e. The van der Waals surface area contributed by atoms with E-state index in [0.29, 0.717) is 11.4 Å². The molecule has 1 aliphatic heterocycles. The number of halogens is 1. The quantitative estimate of drug-likeness (QED) is 0.544. The van der Waals surface area contributed by atoms with Gasteiger partial charge in [-0.25, -0.2) is 4.39 Å². The van der Waals surface area contributed by atoms with Crippen molar-refractivity contribution < 1.29 is 14.0 Å². The first kappa shape index (κ1) is 18.4. The van der Waals surface area contributed by atoms with Gasteiger partial charge in [0.2, 0.25) is 17.8 Å². The largest absolute Gasteiger partial charge is 0.326 e. The van der Waals surface area contributed by atoms with Crippen LogP contribution in [0.5, 0.6) is 0 Å². The minimum absolute atomic E-state index is 0.0165. The van der Waals surface area contributed by atoms with E-state index in [0.717, 1.165) is 0 Å². The van der Waals surface area contributed by atoms with E-state index in [1.807, 2.05) is 6.07 Å². The summed E-state index contributed by atoms with van der Waals surface area (Å²) in [6.07, 6.45) is -0.166. The molecule has 1 aliphatic rings. The van der Waals surface area contributed by atoms with Crippen molar-refractivity contribution in [2.24, 2.45) is 0 Å². The van der Waals surface area contributed by atoms with Crippen molar-refractivity contribution in [3.63, 3.8) is 0 Å². The Bertz CT molecular complexity index is 1130. The van der Waals surface area contributed by atoms with Crippen molar-refractivity contribution in [1.29, 1.82) is 0 Å². The van der Waals surface area contributed by atoms with E-state index < -0.39 is 29.1 Å². The van der Waals surface area contributed by atoms with Crippen LogP contribution in [0.2, 0.25) is 0 Å². The number of rotatable bonds is 4. The first-order valence-electron chi connectivity index (χ1n) is 8.82. The standard InChI is InChI=1S/C20H16FN5O3/c21-11-6-8-13(9-7-11)23-20-25-17-16(19(29)26-20)14(10-15(27)24-17)18(28)22-12-4-2-1-3-5-12/h1-9,14H,10H2,(H,22,28)(H3,23,24,25,26,27,29). The molecule has 3 aromatic rings. The monoisotopic (exact) mass is 393 g/mol. The van der Waals surface area contributed by atoms with Crippen LogP contribution in [0.1, 0.15) is 17.9 Å². The van der Waals surface area contributed by atoms with E-state index in [4.69, 9.17) is 0 Å². The molecule has 1 atom stereocenters. The van der Waals surface area contributed by atoms with Gasteiger partial charge in [0.25, 0.3) is 5.56 Å². The normalized spacial score (nSPS) is 15.2. The van der Waals surface area contributed by atoms with Gasteiger partial charge in [-0.3, -0.25) is 19.4 Å².